The van der Waals surface area contributed by atoms with Crippen LogP contribution in [0.15, 0.2) is 12.2 Å². The summed E-state index contributed by atoms with van der Waals surface area (Å²) in [6, 6.07) is -11.4. The van der Waals surface area contributed by atoms with Crippen molar-refractivity contribution in [2.45, 2.75) is 267 Å². The van der Waals surface area contributed by atoms with Crippen LogP contribution in [-0.4, -0.2) is 289 Å². The van der Waals surface area contributed by atoms with E-state index < -0.39 is 235 Å². The Morgan fingerprint density at radius 3 is 1.82 bits per heavy atom. The maximum absolute atomic E-state index is 15.8. The average molecular weight is 1560 g/mol. The minimum absolute atomic E-state index is 0.00620. The van der Waals surface area contributed by atoms with Crippen molar-refractivity contribution in [1.82, 2.24) is 60.0 Å². The molecule has 2 saturated heterocycles. The SMILES string of the molecule is CCC[C@H]1C(=O)N[C@@H]([C@@H](C)CC)C(=O)N(C)CC(=O)N(C)[C@H]2C/C=C\CCN(C2=O)[C@@H](CC2CCC(C(F)(F)F)CC2)C(=O)N(C)CC(=O)N[C@@H](CCC2CC(F)C(C(F)(F)F)C(F)C2)C(=O)N2C[C@H](OCC)C[C@H]2C(=O)NC2(CC(C)(C)C2)C(=O)N(C)[C@@H](C2CCCC2)C(=O)N(C)[C@H](C(=O)N(C)C)CC(=O)N1C. The number of ether oxygens (including phenoxy) is 1. The maximum Gasteiger partial charge on any atom is 0.397 e. The van der Waals surface area contributed by atoms with E-state index in [-0.39, 0.29) is 96.7 Å². The Kier molecular flexibility index (Phi) is 30.5. The highest BCUT2D eigenvalue weighted by Crippen LogP contribution is 2.50. The summed E-state index contributed by atoms with van der Waals surface area (Å²) >= 11 is 0. The van der Waals surface area contributed by atoms with Gasteiger partial charge in [-0.3, -0.25) is 57.5 Å². The second-order valence-electron chi connectivity index (χ2n) is 33.0. The summed E-state index contributed by atoms with van der Waals surface area (Å²) in [5, 5.41) is 8.45. The van der Waals surface area contributed by atoms with Gasteiger partial charge in [0.1, 0.15) is 72.1 Å². The van der Waals surface area contributed by atoms with E-state index in [1.54, 1.807) is 39.8 Å². The summed E-state index contributed by atoms with van der Waals surface area (Å²) in [6.45, 7) is 8.71. The lowest BCUT2D eigenvalue weighted by Crippen LogP contribution is -2.71. The molecule has 3 N–H and O–H groups in total. The molecule has 109 heavy (non-hydrogen) atoms. The minimum Gasteiger partial charge on any atom is -0.377 e. The molecule has 0 aromatic heterocycles. The largest absolute Gasteiger partial charge is 0.397 e. The lowest BCUT2D eigenvalue weighted by molar-refractivity contribution is -0.219. The van der Waals surface area contributed by atoms with Crippen molar-refractivity contribution in [1.29, 1.82) is 0 Å². The zero-order chi connectivity index (χ0) is 81.3. The van der Waals surface area contributed by atoms with E-state index in [0.29, 0.717) is 38.5 Å². The number of nitrogens with one attached hydrogen (secondary N) is 3. The summed E-state index contributed by atoms with van der Waals surface area (Å²) in [7, 11) is 10.9. The molecule has 2 bridgehead atoms. The molecule has 3 heterocycles. The Morgan fingerprint density at radius 1 is 0.642 bits per heavy atom. The Labute approximate surface area is 635 Å². The highest BCUT2D eigenvalue weighted by atomic mass is 19.4. The third kappa shape index (κ3) is 21.5. The van der Waals surface area contributed by atoms with Crippen molar-refractivity contribution in [3.8, 4) is 0 Å². The standard InChI is InChI=1S/C76H118F8N12O13/c1-15-23-53-64(100)86-62(44(4)16-2)70(106)90(10)41-60(99)92(12)54-26-19-18-22-33-95(69(54)105)57(36-45-27-30-48(31-28-45)75(79,80)81)68(104)89(9)40-58(97)85-52(32-29-46-34-50(77)61(51(78)35-46)76(82,83)84)66(102)96-39-49(109-17-3)37-55(96)65(101)87-74(42-73(5,6)43-74)72(108)94(14)63(47-24-20-21-25-47)71(107)93(13)56(67(103)88(7)8)38-59(98)91(53)11/h18-19,44-57,61-63H,15-17,20-43H2,1-14H3,(H,85,97)(H,86,100)(H,87,101)/b19-18-/t44-,45?,46?,48?,49+,50?,51?,52-,53-,54-,55-,56-,57-,61?,62-,63-/m0/s1. The zero-order valence-corrected chi connectivity index (χ0v) is 65.9. The van der Waals surface area contributed by atoms with Crippen molar-refractivity contribution in [2.75, 3.05) is 89.2 Å². The van der Waals surface area contributed by atoms with Crippen molar-refractivity contribution >= 4 is 70.9 Å². The van der Waals surface area contributed by atoms with Gasteiger partial charge in [0, 0.05) is 82.5 Å². The van der Waals surface area contributed by atoms with Gasteiger partial charge in [0.15, 0.2) is 0 Å². The Bertz CT molecular complexity index is 3270. The fourth-order valence-electron chi connectivity index (χ4n) is 17.8. The number of nitrogens with zero attached hydrogens (tertiary/aromatic N) is 9. The second kappa shape index (κ2) is 37.4. The number of carbonyl (C=O) groups excluding carboxylic acids is 12. The first-order valence-electron chi connectivity index (χ1n) is 38.9. The lowest BCUT2D eigenvalue weighted by Gasteiger charge is -2.54. The molecule has 7 rings (SSSR count). The number of halogens is 8. The third-order valence-corrected chi connectivity index (χ3v) is 24.1. The summed E-state index contributed by atoms with van der Waals surface area (Å²) in [4.78, 5) is 192. The van der Waals surface area contributed by atoms with Gasteiger partial charge in [-0.1, -0.05) is 72.5 Å². The molecular weight excluding hydrogens is 1440 g/mol. The maximum atomic E-state index is 15.8. The van der Waals surface area contributed by atoms with Crippen LogP contribution in [0.25, 0.3) is 0 Å². The number of hydrogen-bond donors (Lipinski definition) is 3. The molecule has 0 aromatic rings. The molecule has 25 nitrogen and oxygen atoms in total. The number of fused-ring (bicyclic) bond motifs is 3. The fourth-order valence-corrected chi connectivity index (χ4v) is 17.8. The van der Waals surface area contributed by atoms with E-state index >= 15 is 37.5 Å². The van der Waals surface area contributed by atoms with Crippen LogP contribution in [0, 0.1) is 40.9 Å². The van der Waals surface area contributed by atoms with Crippen LogP contribution in [0.5, 0.6) is 0 Å². The van der Waals surface area contributed by atoms with E-state index in [1.807, 2.05) is 13.8 Å². The Balaban J connectivity index is 1.34. The predicted octanol–water partition coefficient (Wildman–Crippen LogP) is 6.74. The molecule has 4 aliphatic carbocycles. The van der Waals surface area contributed by atoms with Gasteiger partial charge in [-0.25, -0.2) is 8.78 Å². The quantitative estimate of drug-likeness (QED) is 0.127. The van der Waals surface area contributed by atoms with Crippen LogP contribution in [-0.2, 0) is 62.3 Å². The van der Waals surface area contributed by atoms with E-state index in [1.165, 1.54) is 71.1 Å². The molecule has 12 atom stereocenters. The van der Waals surface area contributed by atoms with Crippen LogP contribution >= 0.6 is 0 Å². The van der Waals surface area contributed by atoms with E-state index in [9.17, 15) is 55.1 Å². The van der Waals surface area contributed by atoms with Crippen LogP contribution < -0.4 is 16.0 Å². The van der Waals surface area contributed by atoms with Crippen LogP contribution in [0.1, 0.15) is 183 Å². The molecule has 0 aromatic carbocycles. The Morgan fingerprint density at radius 2 is 1.26 bits per heavy atom. The highest BCUT2D eigenvalue weighted by molar-refractivity contribution is 6.01. The van der Waals surface area contributed by atoms with Gasteiger partial charge < -0.3 is 64.8 Å². The number of carbonyl (C=O) groups is 12. The molecule has 6 fully saturated rings. The van der Waals surface area contributed by atoms with E-state index in [4.69, 9.17) is 4.74 Å². The number of amides is 12. The Hall–Kier alpha value is -7.22. The van der Waals surface area contributed by atoms with E-state index in [0.717, 1.165) is 29.4 Å². The molecular formula is C76H118F8N12O13. The van der Waals surface area contributed by atoms with Gasteiger partial charge in [0.2, 0.25) is 70.9 Å². The van der Waals surface area contributed by atoms with Crippen molar-refractivity contribution in [3.05, 3.63) is 12.2 Å². The van der Waals surface area contributed by atoms with Gasteiger partial charge in [-0.15, -0.1) is 0 Å². The fraction of sp³-hybridized carbons (Fsp3) is 0.816. The molecule has 3 aliphatic heterocycles. The summed E-state index contributed by atoms with van der Waals surface area (Å²) in [5.74, 6) is -16.9. The average Bonchev–Trinajstić information content (AvgIpc) is 1.45. The summed E-state index contributed by atoms with van der Waals surface area (Å²) in [6.07, 6.45) is -13.4. The summed E-state index contributed by atoms with van der Waals surface area (Å²) in [5.41, 5.74) is -2.37. The molecule has 1 spiro atoms. The molecule has 33 heteroatoms. The van der Waals surface area contributed by atoms with Crippen LogP contribution in [0.3, 0.4) is 0 Å². The van der Waals surface area contributed by atoms with Crippen molar-refractivity contribution in [3.63, 3.8) is 0 Å². The number of hydrogen-bond acceptors (Lipinski definition) is 13. The smallest absolute Gasteiger partial charge is 0.377 e. The minimum atomic E-state index is -5.22. The summed E-state index contributed by atoms with van der Waals surface area (Å²) < 4.78 is 121. The monoisotopic (exact) mass is 1560 g/mol. The second-order valence-corrected chi connectivity index (χ2v) is 33.0. The van der Waals surface area contributed by atoms with Crippen LogP contribution in [0.2, 0.25) is 0 Å². The van der Waals surface area contributed by atoms with Gasteiger partial charge in [0.25, 0.3) is 0 Å². The predicted molar refractivity (Wildman–Crippen MR) is 386 cm³/mol. The van der Waals surface area contributed by atoms with Gasteiger partial charge >= 0.3 is 12.4 Å². The number of likely N-dealkylation sites (N-methyl/N-ethyl adjacent to an activating group) is 7. The highest BCUT2D eigenvalue weighted by Gasteiger charge is 2.60. The molecule has 4 saturated carbocycles. The molecule has 2 unspecified atom stereocenters. The first-order chi connectivity index (χ1) is 50.9. The zero-order valence-electron chi connectivity index (χ0n) is 65.9. The molecule has 616 valence electrons. The molecule has 0 radical (unpaired) electrons. The van der Waals surface area contributed by atoms with Crippen molar-refractivity contribution in [2.24, 2.45) is 40.9 Å². The first kappa shape index (κ1) is 89.0. The third-order valence-electron chi connectivity index (χ3n) is 24.1. The normalized spacial score (nSPS) is 32.2. The number of alkyl halides is 8. The van der Waals surface area contributed by atoms with Crippen molar-refractivity contribution < 1.29 is 97.4 Å². The topological polar surface area (TPSA) is 279 Å². The molecule has 12 amide bonds. The molecule has 7 aliphatic rings. The van der Waals surface area contributed by atoms with Crippen LogP contribution in [0.4, 0.5) is 35.1 Å². The van der Waals surface area contributed by atoms with Gasteiger partial charge in [0.05, 0.1) is 31.5 Å². The van der Waals surface area contributed by atoms with Gasteiger partial charge in [-0.05, 0) is 139 Å². The lowest BCUT2D eigenvalue weighted by atomic mass is 9.58. The number of rotatable bonds is 13. The first-order valence-corrected chi connectivity index (χ1v) is 38.9. The van der Waals surface area contributed by atoms with E-state index in [2.05, 4.69) is 16.0 Å². The van der Waals surface area contributed by atoms with Gasteiger partial charge in [-0.2, -0.15) is 26.3 Å².